The second-order valence-corrected chi connectivity index (χ2v) is 8.28. The summed E-state index contributed by atoms with van der Waals surface area (Å²) in [7, 11) is 0. The molecular formula is C23H25N3O2S. The molecule has 3 aromatic rings. The molecule has 1 aromatic heterocycles. The molecule has 2 aromatic carbocycles. The quantitative estimate of drug-likeness (QED) is 0.654. The highest BCUT2D eigenvalue weighted by Gasteiger charge is 2.22. The number of nitrogens with zero attached hydrogens (tertiary/aromatic N) is 2. The van der Waals surface area contributed by atoms with Crippen molar-refractivity contribution >= 4 is 27.9 Å². The Bertz CT molecular complexity index is 1050. The van der Waals surface area contributed by atoms with E-state index in [1.807, 2.05) is 30.3 Å². The van der Waals surface area contributed by atoms with E-state index in [9.17, 15) is 4.79 Å². The van der Waals surface area contributed by atoms with E-state index in [2.05, 4.69) is 41.1 Å². The van der Waals surface area contributed by atoms with Crippen LogP contribution in [0.3, 0.4) is 0 Å². The molecule has 4 rings (SSSR count). The Morgan fingerprint density at radius 3 is 2.62 bits per heavy atom. The van der Waals surface area contributed by atoms with Gasteiger partial charge in [-0.15, -0.1) is 0 Å². The Morgan fingerprint density at radius 1 is 1.21 bits per heavy atom. The van der Waals surface area contributed by atoms with E-state index in [1.165, 1.54) is 23.8 Å². The van der Waals surface area contributed by atoms with E-state index in [0.717, 1.165) is 46.2 Å². The molecule has 0 saturated carbocycles. The minimum atomic E-state index is -0.0878. The summed E-state index contributed by atoms with van der Waals surface area (Å²) in [5, 5.41) is 3.83. The van der Waals surface area contributed by atoms with Gasteiger partial charge in [0, 0.05) is 19.1 Å². The van der Waals surface area contributed by atoms with Crippen LogP contribution in [0.4, 0.5) is 10.7 Å². The maximum Gasteiger partial charge on any atom is 0.221 e. The molecular weight excluding hydrogens is 382 g/mol. The number of rotatable bonds is 5. The van der Waals surface area contributed by atoms with Gasteiger partial charge in [0.05, 0.1) is 24.0 Å². The molecule has 1 aliphatic rings. The molecule has 0 radical (unpaired) electrons. The number of anilines is 1. The molecule has 29 heavy (non-hydrogen) atoms. The molecule has 2 heterocycles. The first-order valence-electron chi connectivity index (χ1n) is 9.90. The summed E-state index contributed by atoms with van der Waals surface area (Å²) in [5.41, 5.74) is 4.13. The third-order valence-electron chi connectivity index (χ3n) is 4.91. The van der Waals surface area contributed by atoms with Crippen LogP contribution in [0.2, 0.25) is 0 Å². The molecule has 150 valence electrons. The highest BCUT2D eigenvalue weighted by Crippen LogP contribution is 2.32. The summed E-state index contributed by atoms with van der Waals surface area (Å²) in [5.74, 6) is -0.0878. The van der Waals surface area contributed by atoms with Crippen LogP contribution in [0, 0.1) is 6.92 Å². The van der Waals surface area contributed by atoms with Crippen molar-refractivity contribution in [2.75, 3.05) is 11.9 Å². The van der Waals surface area contributed by atoms with Gasteiger partial charge in [0.2, 0.25) is 5.91 Å². The zero-order chi connectivity index (χ0) is 20.2. The first-order valence-corrected chi connectivity index (χ1v) is 10.7. The lowest BCUT2D eigenvalue weighted by Crippen LogP contribution is -2.24. The number of ether oxygens (including phenoxy) is 1. The lowest BCUT2D eigenvalue weighted by molar-refractivity contribution is -0.114. The first kappa shape index (κ1) is 19.6. The predicted molar refractivity (Wildman–Crippen MR) is 117 cm³/mol. The van der Waals surface area contributed by atoms with Crippen molar-refractivity contribution < 1.29 is 9.53 Å². The minimum absolute atomic E-state index is 0.0878. The normalized spacial score (nSPS) is 16.9. The molecule has 1 fully saturated rings. The van der Waals surface area contributed by atoms with Gasteiger partial charge in [-0.3, -0.25) is 4.79 Å². The Hall–Kier alpha value is -2.70. The van der Waals surface area contributed by atoms with Crippen molar-refractivity contribution in [2.45, 2.75) is 39.3 Å². The van der Waals surface area contributed by atoms with E-state index in [0.29, 0.717) is 6.54 Å². The number of hydrogen-bond acceptors (Lipinski definition) is 4. The van der Waals surface area contributed by atoms with Gasteiger partial charge in [-0.1, -0.05) is 59.4 Å². The van der Waals surface area contributed by atoms with Crippen LogP contribution in [0.5, 0.6) is 0 Å². The minimum Gasteiger partial charge on any atom is -0.376 e. The Kier molecular flexibility index (Phi) is 5.92. The van der Waals surface area contributed by atoms with Crippen LogP contribution in [0.15, 0.2) is 59.6 Å². The maximum atomic E-state index is 11.9. The number of thiazole rings is 1. The molecule has 0 unspecified atom stereocenters. The van der Waals surface area contributed by atoms with Crippen molar-refractivity contribution in [3.63, 3.8) is 0 Å². The number of benzene rings is 2. The van der Waals surface area contributed by atoms with Crippen molar-refractivity contribution in [3.05, 3.63) is 65.0 Å². The fraction of sp³-hybridized carbons (Fsp3) is 0.304. The maximum absolute atomic E-state index is 11.9. The molecule has 1 atom stereocenters. The summed E-state index contributed by atoms with van der Waals surface area (Å²) in [6, 6.07) is 18.3. The summed E-state index contributed by atoms with van der Waals surface area (Å²) in [4.78, 5) is 17.6. The molecule has 5 nitrogen and oxygen atoms in total. The van der Waals surface area contributed by atoms with Gasteiger partial charge in [0.25, 0.3) is 0 Å². The standard InChI is InChI=1S/C23H25N3O2S/c1-16-10-12-18(13-11-16)21-22(24-17(2)27)29-23(25-19-7-4-3-5-8-19)26(21)15-20-9-6-14-28-20/h3-5,7-8,10-13,20H,6,9,14-15H2,1-2H3,(H,24,27)/t20-/m1/s1. The number of para-hydroxylation sites is 1. The second kappa shape index (κ2) is 8.76. The van der Waals surface area contributed by atoms with Gasteiger partial charge >= 0.3 is 0 Å². The fourth-order valence-corrected chi connectivity index (χ4v) is 4.64. The fourth-order valence-electron chi connectivity index (χ4n) is 3.51. The van der Waals surface area contributed by atoms with Gasteiger partial charge in [-0.05, 0) is 31.9 Å². The number of aromatic nitrogens is 1. The summed E-state index contributed by atoms with van der Waals surface area (Å²) in [6.45, 7) is 5.13. The summed E-state index contributed by atoms with van der Waals surface area (Å²) >= 11 is 1.50. The SMILES string of the molecule is CC(=O)Nc1sc(=Nc2ccccc2)n(C[C@H]2CCCO2)c1-c1ccc(C)cc1. The van der Waals surface area contributed by atoms with Gasteiger partial charge in [0.15, 0.2) is 4.80 Å². The number of hydrogen-bond donors (Lipinski definition) is 1. The van der Waals surface area contributed by atoms with Crippen molar-refractivity contribution in [1.82, 2.24) is 4.57 Å². The number of carbonyl (C=O) groups is 1. The van der Waals surface area contributed by atoms with Crippen molar-refractivity contribution in [3.8, 4) is 11.3 Å². The number of carbonyl (C=O) groups excluding carboxylic acids is 1. The molecule has 0 spiro atoms. The predicted octanol–water partition coefficient (Wildman–Crippen LogP) is 4.89. The molecule has 1 aliphatic heterocycles. The zero-order valence-corrected chi connectivity index (χ0v) is 17.5. The van der Waals surface area contributed by atoms with Gasteiger partial charge < -0.3 is 14.6 Å². The molecule has 6 heteroatoms. The van der Waals surface area contributed by atoms with Gasteiger partial charge in [-0.25, -0.2) is 4.99 Å². The first-order chi connectivity index (χ1) is 14.1. The van der Waals surface area contributed by atoms with Crippen molar-refractivity contribution in [1.29, 1.82) is 0 Å². The number of nitrogens with one attached hydrogen (secondary N) is 1. The monoisotopic (exact) mass is 407 g/mol. The molecule has 0 aliphatic carbocycles. The molecule has 1 amide bonds. The van der Waals surface area contributed by atoms with Crippen LogP contribution in [0.1, 0.15) is 25.3 Å². The number of amides is 1. The number of aryl methyl sites for hydroxylation is 1. The Morgan fingerprint density at radius 2 is 1.97 bits per heavy atom. The van der Waals surface area contributed by atoms with Crippen LogP contribution < -0.4 is 10.1 Å². The highest BCUT2D eigenvalue weighted by molar-refractivity contribution is 7.14. The molecule has 0 bridgehead atoms. The van der Waals surface area contributed by atoms with Crippen LogP contribution in [-0.2, 0) is 16.1 Å². The molecule has 1 saturated heterocycles. The Labute approximate surface area is 174 Å². The smallest absolute Gasteiger partial charge is 0.221 e. The lowest BCUT2D eigenvalue weighted by atomic mass is 10.1. The Balaban J connectivity index is 1.90. The average Bonchev–Trinajstić information content (AvgIpc) is 3.32. The van der Waals surface area contributed by atoms with Crippen LogP contribution in [-0.4, -0.2) is 23.2 Å². The zero-order valence-electron chi connectivity index (χ0n) is 16.7. The topological polar surface area (TPSA) is 55.6 Å². The third-order valence-corrected chi connectivity index (χ3v) is 5.91. The average molecular weight is 408 g/mol. The van der Waals surface area contributed by atoms with E-state index < -0.39 is 0 Å². The van der Waals surface area contributed by atoms with Crippen LogP contribution in [0.25, 0.3) is 11.3 Å². The van der Waals surface area contributed by atoms with Gasteiger partial charge in [-0.2, -0.15) is 0 Å². The van der Waals surface area contributed by atoms with E-state index in [-0.39, 0.29) is 12.0 Å². The summed E-state index contributed by atoms with van der Waals surface area (Å²) < 4.78 is 8.12. The van der Waals surface area contributed by atoms with Crippen LogP contribution >= 0.6 is 11.3 Å². The highest BCUT2D eigenvalue weighted by atomic mass is 32.1. The lowest BCUT2D eigenvalue weighted by Gasteiger charge is -2.15. The van der Waals surface area contributed by atoms with E-state index >= 15 is 0 Å². The van der Waals surface area contributed by atoms with Gasteiger partial charge in [0.1, 0.15) is 5.00 Å². The molecule has 1 N–H and O–H groups in total. The van der Waals surface area contributed by atoms with E-state index in [1.54, 1.807) is 0 Å². The third kappa shape index (κ3) is 4.66. The van der Waals surface area contributed by atoms with E-state index in [4.69, 9.17) is 9.73 Å². The summed E-state index contributed by atoms with van der Waals surface area (Å²) in [6.07, 6.45) is 2.28. The second-order valence-electron chi connectivity index (χ2n) is 7.30. The van der Waals surface area contributed by atoms with Crippen molar-refractivity contribution in [2.24, 2.45) is 4.99 Å². The largest absolute Gasteiger partial charge is 0.376 e.